The van der Waals surface area contributed by atoms with Crippen molar-refractivity contribution in [1.29, 1.82) is 0 Å². The Bertz CT molecular complexity index is 607. The molecule has 0 atom stereocenters. The highest BCUT2D eigenvalue weighted by molar-refractivity contribution is 6.71. The second-order valence-electron chi connectivity index (χ2n) is 5.01. The van der Waals surface area contributed by atoms with E-state index in [1.807, 2.05) is 43.9 Å². The highest BCUT2D eigenvalue weighted by Crippen LogP contribution is 2.22. The van der Waals surface area contributed by atoms with E-state index in [9.17, 15) is 4.79 Å². The van der Waals surface area contributed by atoms with Gasteiger partial charge in [-0.05, 0) is 31.8 Å². The molecule has 0 aliphatic heterocycles. The van der Waals surface area contributed by atoms with E-state index in [1.54, 1.807) is 6.07 Å². The minimum atomic E-state index is -1.92. The summed E-state index contributed by atoms with van der Waals surface area (Å²) in [7, 11) is -1.92. The van der Waals surface area contributed by atoms with Crippen LogP contribution in [0.1, 0.15) is 10.4 Å². The maximum atomic E-state index is 12.2. The summed E-state index contributed by atoms with van der Waals surface area (Å²) in [6.07, 6.45) is 0. The zero-order chi connectivity index (χ0) is 13.3. The van der Waals surface area contributed by atoms with Crippen LogP contribution in [-0.2, 0) is 4.43 Å². The van der Waals surface area contributed by atoms with Crippen LogP contribution in [0.25, 0.3) is 10.9 Å². The van der Waals surface area contributed by atoms with Crippen molar-refractivity contribution in [2.24, 2.45) is 0 Å². The predicted molar refractivity (Wildman–Crippen MR) is 75.5 cm³/mol. The Balaban J connectivity index is 2.53. The molecule has 0 saturated heterocycles. The van der Waals surface area contributed by atoms with Crippen LogP contribution < -0.4 is 0 Å². The van der Waals surface area contributed by atoms with Gasteiger partial charge in [-0.3, -0.25) is 0 Å². The van der Waals surface area contributed by atoms with Crippen LogP contribution in [0.15, 0.2) is 30.3 Å². The number of carbonyl (C=O) groups excluding carboxylic acids is 1. The molecule has 94 valence electrons. The van der Waals surface area contributed by atoms with Crippen molar-refractivity contribution in [2.75, 3.05) is 0 Å². The Morgan fingerprint density at radius 3 is 2.61 bits per heavy atom. The van der Waals surface area contributed by atoms with Crippen LogP contribution in [0.4, 0.5) is 0 Å². The lowest BCUT2D eigenvalue weighted by Crippen LogP contribution is -2.29. The summed E-state index contributed by atoms with van der Waals surface area (Å²) < 4.78 is 5.50. The number of rotatable bonds is 2. The number of hydrogen-bond donors (Lipinski definition) is 0. The minimum Gasteiger partial charge on any atom is -0.516 e. The summed E-state index contributed by atoms with van der Waals surface area (Å²) in [6, 6.07) is 8.96. The molecule has 0 fully saturated rings. The van der Waals surface area contributed by atoms with E-state index in [-0.39, 0.29) is 5.97 Å². The van der Waals surface area contributed by atoms with Crippen molar-refractivity contribution in [3.8, 4) is 0 Å². The van der Waals surface area contributed by atoms with E-state index in [2.05, 4.69) is 4.98 Å². The summed E-state index contributed by atoms with van der Waals surface area (Å²) in [5.74, 6) is -0.324. The summed E-state index contributed by atoms with van der Waals surface area (Å²) in [5.41, 5.74) is 1.18. The summed E-state index contributed by atoms with van der Waals surface area (Å²) in [6.45, 7) is 5.90. The molecule has 1 aromatic heterocycles. The molecule has 18 heavy (non-hydrogen) atoms. The second kappa shape index (κ2) is 4.70. The first-order valence-corrected chi connectivity index (χ1v) is 9.44. The van der Waals surface area contributed by atoms with Crippen molar-refractivity contribution in [1.82, 2.24) is 4.98 Å². The molecule has 0 radical (unpaired) electrons. The van der Waals surface area contributed by atoms with Crippen molar-refractivity contribution >= 4 is 36.8 Å². The molecular formula is C13H14ClNO2Si. The van der Waals surface area contributed by atoms with E-state index < -0.39 is 8.32 Å². The third-order valence-electron chi connectivity index (χ3n) is 2.30. The number of benzene rings is 1. The van der Waals surface area contributed by atoms with Gasteiger partial charge >= 0.3 is 5.97 Å². The Morgan fingerprint density at radius 1 is 1.28 bits per heavy atom. The molecular weight excluding hydrogens is 266 g/mol. The first-order chi connectivity index (χ1) is 8.37. The first-order valence-electron chi connectivity index (χ1n) is 5.65. The van der Waals surface area contributed by atoms with Crippen molar-refractivity contribution in [2.45, 2.75) is 19.6 Å². The summed E-state index contributed by atoms with van der Waals surface area (Å²) in [5, 5.41) is 1.07. The molecule has 1 aromatic carbocycles. The fourth-order valence-corrected chi connectivity index (χ4v) is 2.51. The molecule has 3 nitrogen and oxygen atoms in total. The predicted octanol–water partition coefficient (Wildman–Crippen LogP) is 3.88. The zero-order valence-corrected chi connectivity index (χ0v) is 12.3. The number of aromatic nitrogens is 1. The van der Waals surface area contributed by atoms with Gasteiger partial charge in [0.25, 0.3) is 0 Å². The van der Waals surface area contributed by atoms with Crippen LogP contribution >= 0.6 is 11.6 Å². The second-order valence-corrected chi connectivity index (χ2v) is 9.83. The standard InChI is InChI=1S/C13H14ClNO2Si/c1-18(2,3)17-13(16)10-8-12(14)15-11-7-5-4-6-9(10)11/h4-8H,1-3H3. The summed E-state index contributed by atoms with van der Waals surface area (Å²) in [4.78, 5) is 16.3. The molecule has 0 aliphatic carbocycles. The number of nitrogens with zero attached hydrogens (tertiary/aromatic N) is 1. The van der Waals surface area contributed by atoms with E-state index in [1.165, 1.54) is 0 Å². The third kappa shape index (κ3) is 2.89. The quantitative estimate of drug-likeness (QED) is 0.619. The van der Waals surface area contributed by atoms with Gasteiger partial charge in [0.2, 0.25) is 8.32 Å². The number of carbonyl (C=O) groups is 1. The van der Waals surface area contributed by atoms with E-state index >= 15 is 0 Å². The van der Waals surface area contributed by atoms with Gasteiger partial charge in [0, 0.05) is 5.39 Å². The molecule has 0 N–H and O–H groups in total. The molecule has 0 spiro atoms. The van der Waals surface area contributed by atoms with Crippen LogP contribution in [0.3, 0.4) is 0 Å². The largest absolute Gasteiger partial charge is 0.516 e. The topological polar surface area (TPSA) is 39.2 Å². The molecule has 2 aromatic rings. The molecule has 1 heterocycles. The lowest BCUT2D eigenvalue weighted by Gasteiger charge is -2.18. The molecule has 0 aliphatic rings. The Morgan fingerprint density at radius 2 is 1.94 bits per heavy atom. The van der Waals surface area contributed by atoms with Crippen molar-refractivity contribution < 1.29 is 9.22 Å². The van der Waals surface area contributed by atoms with Gasteiger partial charge in [-0.1, -0.05) is 29.8 Å². The van der Waals surface area contributed by atoms with Gasteiger partial charge < -0.3 is 4.43 Å². The van der Waals surface area contributed by atoms with Crippen LogP contribution in [0.5, 0.6) is 0 Å². The van der Waals surface area contributed by atoms with Gasteiger partial charge in [0.1, 0.15) is 5.15 Å². The third-order valence-corrected chi connectivity index (χ3v) is 3.30. The molecule has 5 heteroatoms. The van der Waals surface area contributed by atoms with Gasteiger partial charge in [0.05, 0.1) is 11.1 Å². The number of pyridine rings is 1. The number of halogens is 1. The Labute approximate surface area is 112 Å². The van der Waals surface area contributed by atoms with E-state index in [4.69, 9.17) is 16.0 Å². The Hall–Kier alpha value is -1.39. The monoisotopic (exact) mass is 279 g/mol. The minimum absolute atomic E-state index is 0.302. The zero-order valence-electron chi connectivity index (χ0n) is 10.5. The lowest BCUT2D eigenvalue weighted by atomic mass is 10.1. The van der Waals surface area contributed by atoms with Crippen molar-refractivity contribution in [3.63, 3.8) is 0 Å². The average molecular weight is 280 g/mol. The molecule has 0 unspecified atom stereocenters. The SMILES string of the molecule is C[Si](C)(C)OC(=O)c1cc(Cl)nc2ccccc12. The van der Waals surface area contributed by atoms with Crippen molar-refractivity contribution in [3.05, 3.63) is 41.0 Å². The molecule has 0 bridgehead atoms. The maximum absolute atomic E-state index is 12.2. The number of para-hydroxylation sites is 1. The Kier molecular flexibility index (Phi) is 3.41. The molecule has 0 amide bonds. The van der Waals surface area contributed by atoms with Gasteiger partial charge in [-0.15, -0.1) is 0 Å². The number of hydrogen-bond acceptors (Lipinski definition) is 3. The van der Waals surface area contributed by atoms with E-state index in [0.717, 1.165) is 5.39 Å². The normalized spacial score (nSPS) is 11.6. The highest BCUT2D eigenvalue weighted by Gasteiger charge is 2.22. The number of fused-ring (bicyclic) bond motifs is 1. The van der Waals surface area contributed by atoms with Gasteiger partial charge in [-0.25, -0.2) is 9.78 Å². The van der Waals surface area contributed by atoms with E-state index in [0.29, 0.717) is 16.2 Å². The van der Waals surface area contributed by atoms with Crippen LogP contribution in [-0.4, -0.2) is 19.3 Å². The van der Waals surface area contributed by atoms with Crippen LogP contribution in [0.2, 0.25) is 24.8 Å². The molecule has 0 saturated carbocycles. The fourth-order valence-electron chi connectivity index (χ4n) is 1.65. The van der Waals surface area contributed by atoms with Crippen LogP contribution in [0, 0.1) is 0 Å². The highest BCUT2D eigenvalue weighted by atomic mass is 35.5. The smallest absolute Gasteiger partial charge is 0.325 e. The maximum Gasteiger partial charge on any atom is 0.325 e. The lowest BCUT2D eigenvalue weighted by molar-refractivity contribution is 0.0726. The average Bonchev–Trinajstić information content (AvgIpc) is 2.25. The van der Waals surface area contributed by atoms with Gasteiger partial charge in [-0.2, -0.15) is 0 Å². The fraction of sp³-hybridized carbons (Fsp3) is 0.231. The summed E-state index contributed by atoms with van der Waals surface area (Å²) >= 11 is 5.93. The van der Waals surface area contributed by atoms with Gasteiger partial charge in [0.15, 0.2) is 0 Å². The first kappa shape index (κ1) is 13.0. The molecule has 2 rings (SSSR count).